The number of ether oxygens (including phenoxy) is 1. The minimum Gasteiger partial charge on any atom is -0.396 e. The van der Waals surface area contributed by atoms with Crippen LogP contribution in [-0.4, -0.2) is 57.6 Å². The van der Waals surface area contributed by atoms with E-state index in [1.54, 1.807) is 6.07 Å². The molecule has 138 valence electrons. The Kier molecular flexibility index (Phi) is 4.50. The molecule has 0 radical (unpaired) electrons. The molecule has 2 aliphatic rings. The zero-order valence-electron chi connectivity index (χ0n) is 14.8. The van der Waals surface area contributed by atoms with E-state index in [1.807, 2.05) is 30.0 Å². The molecule has 1 aromatic carbocycles. The van der Waals surface area contributed by atoms with E-state index in [1.165, 1.54) is 4.68 Å². The first-order chi connectivity index (χ1) is 12.6. The molecule has 0 bridgehead atoms. The molecule has 4 rings (SSSR count). The molecular weight excluding hydrogens is 334 g/mol. The molecule has 2 heterocycles. The van der Waals surface area contributed by atoms with Gasteiger partial charge in [0.15, 0.2) is 0 Å². The van der Waals surface area contributed by atoms with Crippen LogP contribution >= 0.6 is 0 Å². The number of carbonyl (C=O) groups is 1. The Labute approximate surface area is 151 Å². The van der Waals surface area contributed by atoms with Gasteiger partial charge in [0.2, 0.25) is 5.91 Å². The van der Waals surface area contributed by atoms with Crippen LogP contribution in [0.3, 0.4) is 0 Å². The van der Waals surface area contributed by atoms with Crippen molar-refractivity contribution in [2.24, 2.45) is 5.92 Å². The van der Waals surface area contributed by atoms with Gasteiger partial charge in [-0.1, -0.05) is 18.2 Å². The van der Waals surface area contributed by atoms with Crippen LogP contribution in [-0.2, 0) is 16.1 Å². The second-order valence-electron chi connectivity index (χ2n) is 7.18. The van der Waals surface area contributed by atoms with E-state index in [0.717, 1.165) is 23.9 Å². The van der Waals surface area contributed by atoms with Gasteiger partial charge >= 0.3 is 0 Å². The van der Waals surface area contributed by atoms with Gasteiger partial charge in [-0.25, -0.2) is 4.68 Å². The van der Waals surface area contributed by atoms with Crippen LogP contribution in [0.1, 0.15) is 18.5 Å². The van der Waals surface area contributed by atoms with Crippen molar-refractivity contribution >= 4 is 16.7 Å². The number of fused-ring (bicyclic) bond motifs is 2. The largest absolute Gasteiger partial charge is 0.396 e. The smallest absolute Gasteiger partial charge is 0.275 e. The lowest BCUT2D eigenvalue weighted by molar-refractivity contribution is -0.144. The summed E-state index contributed by atoms with van der Waals surface area (Å²) < 4.78 is 7.04. The number of benzene rings is 1. The number of hydrogen-bond acceptors (Lipinski definition) is 5. The summed E-state index contributed by atoms with van der Waals surface area (Å²) in [5, 5.41) is 15.2. The SMILES string of the molecule is Cc1nn(CC(=O)N2CCOC3C[C@H](CO)C[C@@H]32)c(=O)c2ccccc12. The molecule has 1 amide bonds. The highest BCUT2D eigenvalue weighted by Gasteiger charge is 2.42. The quantitative estimate of drug-likeness (QED) is 0.874. The lowest BCUT2D eigenvalue weighted by Crippen LogP contribution is -2.52. The number of amides is 1. The Morgan fingerprint density at radius 2 is 2.08 bits per heavy atom. The van der Waals surface area contributed by atoms with Crippen molar-refractivity contribution in [3.63, 3.8) is 0 Å². The molecule has 26 heavy (non-hydrogen) atoms. The van der Waals surface area contributed by atoms with Crippen LogP contribution in [0.15, 0.2) is 29.1 Å². The molecule has 1 N–H and O–H groups in total. The van der Waals surface area contributed by atoms with Crippen LogP contribution in [0.4, 0.5) is 0 Å². The highest BCUT2D eigenvalue weighted by atomic mass is 16.5. The summed E-state index contributed by atoms with van der Waals surface area (Å²) in [7, 11) is 0. The molecule has 1 saturated heterocycles. The third-order valence-corrected chi connectivity index (χ3v) is 5.55. The van der Waals surface area contributed by atoms with E-state index in [9.17, 15) is 14.7 Å². The number of morpholine rings is 1. The second-order valence-corrected chi connectivity index (χ2v) is 7.18. The number of aryl methyl sites for hydroxylation is 1. The van der Waals surface area contributed by atoms with E-state index in [2.05, 4.69) is 5.10 Å². The molecular formula is C19H23N3O4. The van der Waals surface area contributed by atoms with Crippen LogP contribution in [0, 0.1) is 12.8 Å². The van der Waals surface area contributed by atoms with Crippen molar-refractivity contribution in [1.29, 1.82) is 0 Å². The Bertz CT molecular complexity index is 894. The molecule has 1 aliphatic heterocycles. The van der Waals surface area contributed by atoms with Crippen molar-refractivity contribution < 1.29 is 14.6 Å². The van der Waals surface area contributed by atoms with Gasteiger partial charge in [0.1, 0.15) is 6.54 Å². The first kappa shape index (κ1) is 17.2. The molecule has 2 fully saturated rings. The molecule has 1 aromatic heterocycles. The number of aromatic nitrogens is 2. The lowest BCUT2D eigenvalue weighted by Gasteiger charge is -2.37. The Morgan fingerprint density at radius 3 is 2.85 bits per heavy atom. The summed E-state index contributed by atoms with van der Waals surface area (Å²) in [6, 6.07) is 7.30. The Hall–Kier alpha value is -2.25. The fourth-order valence-electron chi connectivity index (χ4n) is 4.24. The minimum absolute atomic E-state index is 0.0205. The number of aliphatic hydroxyl groups excluding tert-OH is 1. The molecule has 7 nitrogen and oxygen atoms in total. The molecule has 1 saturated carbocycles. The molecule has 1 unspecified atom stereocenters. The third-order valence-electron chi connectivity index (χ3n) is 5.55. The van der Waals surface area contributed by atoms with Gasteiger partial charge in [0.05, 0.1) is 29.8 Å². The molecule has 2 aromatic rings. The number of aliphatic hydroxyl groups is 1. The molecule has 1 aliphatic carbocycles. The Morgan fingerprint density at radius 1 is 1.31 bits per heavy atom. The van der Waals surface area contributed by atoms with Crippen LogP contribution in [0.2, 0.25) is 0 Å². The highest BCUT2D eigenvalue weighted by Crippen LogP contribution is 2.34. The summed E-state index contributed by atoms with van der Waals surface area (Å²) in [6.07, 6.45) is 1.50. The van der Waals surface area contributed by atoms with Crippen molar-refractivity contribution in [2.45, 2.75) is 38.5 Å². The van der Waals surface area contributed by atoms with Crippen molar-refractivity contribution in [3.05, 3.63) is 40.3 Å². The maximum atomic E-state index is 12.9. The zero-order chi connectivity index (χ0) is 18.3. The summed E-state index contributed by atoms with van der Waals surface area (Å²) in [5.41, 5.74) is 0.484. The Balaban J connectivity index is 1.59. The molecule has 7 heteroatoms. The first-order valence-corrected chi connectivity index (χ1v) is 9.07. The third kappa shape index (κ3) is 2.91. The van der Waals surface area contributed by atoms with Crippen molar-refractivity contribution in [3.8, 4) is 0 Å². The van der Waals surface area contributed by atoms with Crippen molar-refractivity contribution in [1.82, 2.24) is 14.7 Å². The van der Waals surface area contributed by atoms with Gasteiger partial charge in [-0.15, -0.1) is 0 Å². The number of carbonyl (C=O) groups excluding carboxylic acids is 1. The summed E-state index contributed by atoms with van der Waals surface area (Å²) in [6.45, 7) is 2.89. The summed E-state index contributed by atoms with van der Waals surface area (Å²) in [5.74, 6) is 0.0494. The highest BCUT2D eigenvalue weighted by molar-refractivity contribution is 5.83. The molecule has 3 atom stereocenters. The summed E-state index contributed by atoms with van der Waals surface area (Å²) >= 11 is 0. The summed E-state index contributed by atoms with van der Waals surface area (Å²) in [4.78, 5) is 27.4. The predicted octanol–water partition coefficient (Wildman–Crippen LogP) is 0.703. The first-order valence-electron chi connectivity index (χ1n) is 9.07. The van der Waals surface area contributed by atoms with Gasteiger partial charge in [-0.05, 0) is 31.7 Å². The van der Waals surface area contributed by atoms with Crippen LogP contribution in [0.5, 0.6) is 0 Å². The van der Waals surface area contributed by atoms with Gasteiger partial charge < -0.3 is 14.7 Å². The van der Waals surface area contributed by atoms with Crippen molar-refractivity contribution in [2.75, 3.05) is 19.8 Å². The van der Waals surface area contributed by atoms with E-state index in [-0.39, 0.29) is 42.7 Å². The minimum atomic E-state index is -0.246. The van der Waals surface area contributed by atoms with Gasteiger partial charge in [-0.3, -0.25) is 9.59 Å². The number of rotatable bonds is 3. The van der Waals surface area contributed by atoms with Crippen LogP contribution < -0.4 is 5.56 Å². The van der Waals surface area contributed by atoms with E-state index < -0.39 is 0 Å². The average Bonchev–Trinajstić information content (AvgIpc) is 3.09. The maximum absolute atomic E-state index is 12.9. The van der Waals surface area contributed by atoms with E-state index >= 15 is 0 Å². The van der Waals surface area contributed by atoms with Gasteiger partial charge in [0.25, 0.3) is 5.56 Å². The number of hydrogen-bond donors (Lipinski definition) is 1. The van der Waals surface area contributed by atoms with Gasteiger partial charge in [0, 0.05) is 18.5 Å². The van der Waals surface area contributed by atoms with Gasteiger partial charge in [-0.2, -0.15) is 5.10 Å². The maximum Gasteiger partial charge on any atom is 0.275 e. The van der Waals surface area contributed by atoms with Crippen LogP contribution in [0.25, 0.3) is 10.8 Å². The van der Waals surface area contributed by atoms with E-state index in [0.29, 0.717) is 18.5 Å². The fraction of sp³-hybridized carbons (Fsp3) is 0.526. The average molecular weight is 357 g/mol. The normalized spacial score (nSPS) is 25.5. The lowest BCUT2D eigenvalue weighted by atomic mass is 10.1. The topological polar surface area (TPSA) is 84.7 Å². The second kappa shape index (κ2) is 6.81. The standard InChI is InChI=1S/C19H23N3O4/c1-12-14-4-2-3-5-15(14)19(25)22(20-12)10-18(24)21-6-7-26-17-9-13(11-23)8-16(17)21/h2-5,13,16-17,23H,6-11H2,1H3/t13-,16+,17?/m1/s1. The predicted molar refractivity (Wildman–Crippen MR) is 95.8 cm³/mol. The van der Waals surface area contributed by atoms with E-state index in [4.69, 9.17) is 4.74 Å². The fourth-order valence-corrected chi connectivity index (χ4v) is 4.24. The zero-order valence-corrected chi connectivity index (χ0v) is 14.8. The number of nitrogens with zero attached hydrogens (tertiary/aromatic N) is 3. The molecule has 0 spiro atoms. The monoisotopic (exact) mass is 357 g/mol.